The number of halogens is 1. The largest absolute Gasteiger partial charge is 0.245 e. The van der Waals surface area contributed by atoms with Crippen LogP contribution in [0.25, 0.3) is 16.4 Å². The van der Waals surface area contributed by atoms with Gasteiger partial charge in [0, 0.05) is 6.20 Å². The minimum absolute atomic E-state index is 0.305. The summed E-state index contributed by atoms with van der Waals surface area (Å²) >= 11 is 1.35. The molecule has 0 saturated heterocycles. The number of aromatic nitrogens is 2. The number of hydrogen-bond acceptors (Lipinski definition) is 3. The Morgan fingerprint density at radius 1 is 1.40 bits per heavy atom. The lowest BCUT2D eigenvalue weighted by atomic mass is 10.3. The van der Waals surface area contributed by atoms with Crippen molar-refractivity contribution in [3.8, 4) is 10.6 Å². The fourth-order valence-corrected chi connectivity index (χ4v) is 2.06. The molecule has 0 bridgehead atoms. The first kappa shape index (κ1) is 9.98. The molecule has 0 fully saturated rings. The smallest absolute Gasteiger partial charge is 0.136 e. The fraction of sp³-hybridized carbons (Fsp3) is 0. The third-order valence-electron chi connectivity index (χ3n) is 1.86. The average Bonchev–Trinajstić information content (AvgIpc) is 2.78. The van der Waals surface area contributed by atoms with Crippen LogP contribution in [0.15, 0.2) is 36.8 Å². The molecule has 0 spiro atoms. The molecular weight excluding hydrogens is 211 g/mol. The van der Waals surface area contributed by atoms with Gasteiger partial charge in [-0.15, -0.1) is 11.3 Å². The van der Waals surface area contributed by atoms with Crippen molar-refractivity contribution in [3.63, 3.8) is 0 Å². The van der Waals surface area contributed by atoms with Crippen molar-refractivity contribution in [2.75, 3.05) is 0 Å². The normalized spacial score (nSPS) is 11.7. The van der Waals surface area contributed by atoms with Crippen molar-refractivity contribution in [3.05, 3.63) is 48.6 Å². The summed E-state index contributed by atoms with van der Waals surface area (Å²) in [6.07, 6.45) is 4.34. The monoisotopic (exact) mass is 219 g/mol. The van der Waals surface area contributed by atoms with Gasteiger partial charge in [0.15, 0.2) is 0 Å². The molecule has 2 nitrogen and oxygen atoms in total. The van der Waals surface area contributed by atoms with Crippen LogP contribution in [0, 0.1) is 6.92 Å². The van der Waals surface area contributed by atoms with E-state index in [0.717, 1.165) is 10.6 Å². The molecule has 0 aliphatic heterocycles. The summed E-state index contributed by atoms with van der Waals surface area (Å²) in [5.74, 6) is -0.305. The number of thiophene rings is 1. The highest BCUT2D eigenvalue weighted by atomic mass is 32.1. The van der Waals surface area contributed by atoms with Gasteiger partial charge in [0.1, 0.15) is 12.2 Å². The Labute approximate surface area is 91.1 Å². The van der Waals surface area contributed by atoms with Crippen LogP contribution in [0.1, 0.15) is 4.88 Å². The molecule has 15 heavy (non-hydrogen) atoms. The first-order chi connectivity index (χ1) is 7.31. The standard InChI is InChI=1S/C11H8FN2S/c1-2-8(12)10-3-4-11(15-10)9-5-6-13-7-14-9/h2-7H,1H2/b8-2-. The zero-order valence-corrected chi connectivity index (χ0v) is 8.67. The molecular formula is C11H8FN2S. The zero-order valence-electron chi connectivity index (χ0n) is 7.85. The van der Waals surface area contributed by atoms with Gasteiger partial charge in [-0.3, -0.25) is 0 Å². The lowest BCUT2D eigenvalue weighted by Crippen LogP contribution is -1.79. The first-order valence-electron chi connectivity index (χ1n) is 4.33. The van der Waals surface area contributed by atoms with Crippen LogP contribution < -0.4 is 0 Å². The highest BCUT2D eigenvalue weighted by molar-refractivity contribution is 7.16. The predicted molar refractivity (Wildman–Crippen MR) is 59.8 cm³/mol. The number of nitrogens with zero attached hydrogens (tertiary/aromatic N) is 2. The predicted octanol–water partition coefficient (Wildman–Crippen LogP) is 3.35. The summed E-state index contributed by atoms with van der Waals surface area (Å²) in [4.78, 5) is 9.41. The van der Waals surface area contributed by atoms with E-state index in [-0.39, 0.29) is 5.83 Å². The molecule has 0 aliphatic rings. The topological polar surface area (TPSA) is 25.8 Å². The van der Waals surface area contributed by atoms with Gasteiger partial charge in [0.2, 0.25) is 0 Å². The molecule has 0 amide bonds. The Morgan fingerprint density at radius 3 is 2.93 bits per heavy atom. The second-order valence-electron chi connectivity index (χ2n) is 2.81. The maximum Gasteiger partial charge on any atom is 0.136 e. The third-order valence-corrected chi connectivity index (χ3v) is 2.97. The zero-order chi connectivity index (χ0) is 10.7. The van der Waals surface area contributed by atoms with Gasteiger partial charge in [-0.2, -0.15) is 0 Å². The van der Waals surface area contributed by atoms with E-state index in [1.165, 1.54) is 23.7 Å². The van der Waals surface area contributed by atoms with Crippen LogP contribution in [0.3, 0.4) is 0 Å². The van der Waals surface area contributed by atoms with Gasteiger partial charge in [0.25, 0.3) is 0 Å². The van der Waals surface area contributed by atoms with Crippen molar-refractivity contribution >= 4 is 17.2 Å². The van der Waals surface area contributed by atoms with Gasteiger partial charge in [-0.25, -0.2) is 14.4 Å². The lowest BCUT2D eigenvalue weighted by molar-refractivity contribution is 0.764. The Bertz CT molecular complexity index is 476. The Hall–Kier alpha value is -1.55. The van der Waals surface area contributed by atoms with Crippen molar-refractivity contribution in [1.82, 2.24) is 9.97 Å². The fourth-order valence-electron chi connectivity index (χ4n) is 1.14. The van der Waals surface area contributed by atoms with Crippen molar-refractivity contribution in [2.45, 2.75) is 0 Å². The molecule has 2 aromatic heterocycles. The average molecular weight is 219 g/mol. The van der Waals surface area contributed by atoms with E-state index in [4.69, 9.17) is 0 Å². The Kier molecular flexibility index (Phi) is 2.87. The summed E-state index contributed by atoms with van der Waals surface area (Å²) in [6, 6.07) is 5.35. The quantitative estimate of drug-likeness (QED) is 0.774. The van der Waals surface area contributed by atoms with Crippen molar-refractivity contribution in [2.24, 2.45) is 0 Å². The SMILES string of the molecule is [CH2]/C=C(\F)c1ccc(-c2ccncn2)s1. The van der Waals surface area contributed by atoms with Crippen LogP contribution in [0.4, 0.5) is 4.39 Å². The molecule has 2 aromatic rings. The van der Waals surface area contributed by atoms with E-state index in [1.807, 2.05) is 6.07 Å². The van der Waals surface area contributed by atoms with Crippen molar-refractivity contribution < 1.29 is 4.39 Å². The second kappa shape index (κ2) is 4.31. The molecule has 2 heterocycles. The first-order valence-corrected chi connectivity index (χ1v) is 5.14. The summed E-state index contributed by atoms with van der Waals surface area (Å²) in [5, 5.41) is 0. The van der Waals surface area contributed by atoms with E-state index in [2.05, 4.69) is 16.9 Å². The minimum Gasteiger partial charge on any atom is -0.245 e. The Balaban J connectivity index is 2.36. The molecule has 0 aliphatic carbocycles. The van der Waals surface area contributed by atoms with Crippen LogP contribution in [0.5, 0.6) is 0 Å². The number of hydrogen-bond donors (Lipinski definition) is 0. The molecule has 0 saturated carbocycles. The summed E-state index contributed by atoms with van der Waals surface area (Å²) in [6.45, 7) is 3.39. The van der Waals surface area contributed by atoms with E-state index in [1.54, 1.807) is 18.3 Å². The van der Waals surface area contributed by atoms with E-state index in [9.17, 15) is 4.39 Å². The molecule has 0 atom stereocenters. The van der Waals surface area contributed by atoms with Crippen LogP contribution in [0.2, 0.25) is 0 Å². The second-order valence-corrected chi connectivity index (χ2v) is 3.89. The van der Waals surface area contributed by atoms with Gasteiger partial charge < -0.3 is 0 Å². The highest BCUT2D eigenvalue weighted by Gasteiger charge is 2.06. The minimum atomic E-state index is -0.305. The van der Waals surface area contributed by atoms with E-state index in [0.29, 0.717) is 4.88 Å². The van der Waals surface area contributed by atoms with Gasteiger partial charge in [-0.1, -0.05) is 0 Å². The van der Waals surface area contributed by atoms with Crippen LogP contribution in [-0.4, -0.2) is 9.97 Å². The molecule has 2 rings (SSSR count). The summed E-state index contributed by atoms with van der Waals surface area (Å²) < 4.78 is 13.2. The number of allylic oxidation sites excluding steroid dienone is 1. The summed E-state index contributed by atoms with van der Waals surface area (Å²) in [7, 11) is 0. The maximum atomic E-state index is 13.2. The van der Waals surface area contributed by atoms with Crippen LogP contribution >= 0.6 is 11.3 Å². The molecule has 0 N–H and O–H groups in total. The third kappa shape index (κ3) is 2.10. The molecule has 75 valence electrons. The molecule has 1 radical (unpaired) electrons. The van der Waals surface area contributed by atoms with Gasteiger partial charge in [0.05, 0.1) is 15.4 Å². The molecule has 0 unspecified atom stereocenters. The van der Waals surface area contributed by atoms with Crippen molar-refractivity contribution in [1.29, 1.82) is 0 Å². The lowest BCUT2D eigenvalue weighted by Gasteiger charge is -1.93. The molecule has 0 aromatic carbocycles. The van der Waals surface area contributed by atoms with Gasteiger partial charge in [-0.05, 0) is 31.2 Å². The maximum absolute atomic E-state index is 13.2. The summed E-state index contributed by atoms with van der Waals surface area (Å²) in [5.41, 5.74) is 0.804. The Morgan fingerprint density at radius 2 is 2.27 bits per heavy atom. The van der Waals surface area contributed by atoms with Crippen LogP contribution in [-0.2, 0) is 0 Å². The molecule has 4 heteroatoms. The number of rotatable bonds is 2. The highest BCUT2D eigenvalue weighted by Crippen LogP contribution is 2.30. The van der Waals surface area contributed by atoms with Gasteiger partial charge >= 0.3 is 0 Å². The van der Waals surface area contributed by atoms with E-state index >= 15 is 0 Å². The van der Waals surface area contributed by atoms with E-state index < -0.39 is 0 Å².